The third kappa shape index (κ3) is 3.77. The van der Waals surface area contributed by atoms with Crippen LogP contribution in [-0.2, 0) is 0 Å². The van der Waals surface area contributed by atoms with E-state index < -0.39 is 0 Å². The van der Waals surface area contributed by atoms with E-state index in [1.54, 1.807) is 7.11 Å². The zero-order valence-electron chi connectivity index (χ0n) is 11.7. The third-order valence-electron chi connectivity index (χ3n) is 3.78. The van der Waals surface area contributed by atoms with Gasteiger partial charge in [0.15, 0.2) is 11.5 Å². The van der Waals surface area contributed by atoms with Crippen molar-refractivity contribution < 1.29 is 9.47 Å². The SMILES string of the molecule is CCOc1ccc([C@@H](N)C2CCCC2)cc1OC.Cl. The fourth-order valence-electron chi connectivity index (χ4n) is 2.75. The molecule has 0 amide bonds. The van der Waals surface area contributed by atoms with Gasteiger partial charge in [0, 0.05) is 6.04 Å². The van der Waals surface area contributed by atoms with Gasteiger partial charge < -0.3 is 15.2 Å². The molecule has 1 fully saturated rings. The van der Waals surface area contributed by atoms with Gasteiger partial charge in [-0.15, -0.1) is 12.4 Å². The maximum Gasteiger partial charge on any atom is 0.161 e. The van der Waals surface area contributed by atoms with E-state index >= 15 is 0 Å². The summed E-state index contributed by atoms with van der Waals surface area (Å²) in [4.78, 5) is 0. The molecule has 1 aliphatic carbocycles. The number of methoxy groups -OCH3 is 1. The van der Waals surface area contributed by atoms with E-state index in [0.29, 0.717) is 12.5 Å². The van der Waals surface area contributed by atoms with Crippen LogP contribution < -0.4 is 15.2 Å². The first-order chi connectivity index (χ1) is 8.76. The summed E-state index contributed by atoms with van der Waals surface area (Å²) in [6.45, 7) is 2.61. The molecule has 0 spiro atoms. The molecule has 0 aromatic heterocycles. The fourth-order valence-corrected chi connectivity index (χ4v) is 2.75. The average molecular weight is 286 g/mol. The van der Waals surface area contributed by atoms with Crippen LogP contribution in [0.2, 0.25) is 0 Å². The minimum absolute atomic E-state index is 0. The van der Waals surface area contributed by atoms with E-state index in [4.69, 9.17) is 15.2 Å². The van der Waals surface area contributed by atoms with Gasteiger partial charge in [-0.1, -0.05) is 18.9 Å². The second kappa shape index (κ2) is 7.61. The van der Waals surface area contributed by atoms with Crippen molar-refractivity contribution >= 4 is 12.4 Å². The van der Waals surface area contributed by atoms with Gasteiger partial charge in [-0.05, 0) is 43.4 Å². The normalized spacial score (nSPS) is 16.8. The van der Waals surface area contributed by atoms with Crippen molar-refractivity contribution in [3.8, 4) is 11.5 Å². The summed E-state index contributed by atoms with van der Waals surface area (Å²) >= 11 is 0. The molecule has 2 N–H and O–H groups in total. The van der Waals surface area contributed by atoms with Gasteiger partial charge in [0.2, 0.25) is 0 Å². The van der Waals surface area contributed by atoms with Crippen LogP contribution >= 0.6 is 12.4 Å². The van der Waals surface area contributed by atoms with Crippen LogP contribution in [-0.4, -0.2) is 13.7 Å². The van der Waals surface area contributed by atoms with Gasteiger partial charge in [0.05, 0.1) is 13.7 Å². The zero-order chi connectivity index (χ0) is 13.0. The summed E-state index contributed by atoms with van der Waals surface area (Å²) in [5, 5.41) is 0. The number of hydrogen-bond donors (Lipinski definition) is 1. The molecule has 1 aliphatic rings. The quantitative estimate of drug-likeness (QED) is 0.897. The van der Waals surface area contributed by atoms with Crippen molar-refractivity contribution in [1.29, 1.82) is 0 Å². The van der Waals surface area contributed by atoms with Gasteiger partial charge in [-0.25, -0.2) is 0 Å². The Balaban J connectivity index is 0.00000180. The molecule has 19 heavy (non-hydrogen) atoms. The van der Waals surface area contributed by atoms with Crippen molar-refractivity contribution in [2.75, 3.05) is 13.7 Å². The van der Waals surface area contributed by atoms with Crippen LogP contribution in [0.1, 0.15) is 44.2 Å². The van der Waals surface area contributed by atoms with Crippen LogP contribution in [0, 0.1) is 5.92 Å². The Morgan fingerprint density at radius 2 is 1.95 bits per heavy atom. The van der Waals surface area contributed by atoms with Gasteiger partial charge in [-0.3, -0.25) is 0 Å². The standard InChI is InChI=1S/C15H23NO2.ClH/c1-3-18-13-9-8-12(10-14(13)17-2)15(16)11-6-4-5-7-11;/h8-11,15H,3-7,16H2,1-2H3;1H/t15-;/m0./s1. The third-order valence-corrected chi connectivity index (χ3v) is 3.78. The largest absolute Gasteiger partial charge is 0.493 e. The first-order valence-electron chi connectivity index (χ1n) is 6.82. The maximum atomic E-state index is 6.35. The lowest BCUT2D eigenvalue weighted by Gasteiger charge is -2.20. The monoisotopic (exact) mass is 285 g/mol. The molecule has 0 bridgehead atoms. The van der Waals surface area contributed by atoms with Crippen LogP contribution in [0.3, 0.4) is 0 Å². The molecule has 0 saturated heterocycles. The predicted octanol–water partition coefficient (Wildman–Crippen LogP) is 3.71. The predicted molar refractivity (Wildman–Crippen MR) is 80.3 cm³/mol. The number of hydrogen-bond acceptors (Lipinski definition) is 3. The first-order valence-corrected chi connectivity index (χ1v) is 6.82. The lowest BCUT2D eigenvalue weighted by atomic mass is 9.92. The maximum absolute atomic E-state index is 6.35. The Kier molecular flexibility index (Phi) is 6.46. The molecule has 3 nitrogen and oxygen atoms in total. The highest BCUT2D eigenvalue weighted by Gasteiger charge is 2.23. The molecule has 0 radical (unpaired) electrons. The molecule has 1 saturated carbocycles. The lowest BCUT2D eigenvalue weighted by molar-refractivity contribution is 0.310. The van der Waals surface area contributed by atoms with E-state index in [1.807, 2.05) is 19.1 Å². The Morgan fingerprint density at radius 3 is 2.53 bits per heavy atom. The fraction of sp³-hybridized carbons (Fsp3) is 0.600. The summed E-state index contributed by atoms with van der Waals surface area (Å²) in [5.41, 5.74) is 7.51. The molecule has 1 aromatic carbocycles. The highest BCUT2D eigenvalue weighted by molar-refractivity contribution is 5.85. The summed E-state index contributed by atoms with van der Waals surface area (Å²) in [7, 11) is 1.67. The molecule has 1 atom stereocenters. The smallest absolute Gasteiger partial charge is 0.161 e. The van der Waals surface area contributed by atoms with Crippen LogP contribution in [0.15, 0.2) is 18.2 Å². The van der Waals surface area contributed by atoms with Crippen molar-refractivity contribution in [3.05, 3.63) is 23.8 Å². The Bertz CT molecular complexity index is 392. The first kappa shape index (κ1) is 16.1. The second-order valence-electron chi connectivity index (χ2n) is 4.91. The zero-order valence-corrected chi connectivity index (χ0v) is 12.5. The van der Waals surface area contributed by atoms with E-state index in [0.717, 1.165) is 17.1 Å². The number of halogens is 1. The molecule has 4 heteroatoms. The molecule has 1 aromatic rings. The Morgan fingerprint density at radius 1 is 1.26 bits per heavy atom. The summed E-state index contributed by atoms with van der Waals surface area (Å²) in [6.07, 6.45) is 5.12. The molecule has 0 heterocycles. The van der Waals surface area contributed by atoms with Gasteiger partial charge in [0.25, 0.3) is 0 Å². The van der Waals surface area contributed by atoms with E-state index in [-0.39, 0.29) is 18.4 Å². The highest BCUT2D eigenvalue weighted by Crippen LogP contribution is 2.37. The van der Waals surface area contributed by atoms with E-state index in [2.05, 4.69) is 6.07 Å². The molecule has 0 aliphatic heterocycles. The van der Waals surface area contributed by atoms with Gasteiger partial charge in [-0.2, -0.15) is 0 Å². The van der Waals surface area contributed by atoms with Crippen LogP contribution in [0.4, 0.5) is 0 Å². The van der Waals surface area contributed by atoms with Crippen LogP contribution in [0.5, 0.6) is 11.5 Å². The Labute approximate surface area is 121 Å². The van der Waals surface area contributed by atoms with Crippen molar-refractivity contribution in [3.63, 3.8) is 0 Å². The minimum Gasteiger partial charge on any atom is -0.493 e. The average Bonchev–Trinajstić information content (AvgIpc) is 2.92. The molecule has 108 valence electrons. The second-order valence-corrected chi connectivity index (χ2v) is 4.91. The molecule has 2 rings (SSSR count). The number of benzene rings is 1. The van der Waals surface area contributed by atoms with E-state index in [9.17, 15) is 0 Å². The molecular weight excluding hydrogens is 262 g/mol. The lowest BCUT2D eigenvalue weighted by Crippen LogP contribution is -2.19. The highest BCUT2D eigenvalue weighted by atomic mass is 35.5. The van der Waals surface area contributed by atoms with E-state index in [1.165, 1.54) is 25.7 Å². The summed E-state index contributed by atoms with van der Waals surface area (Å²) in [5.74, 6) is 2.19. The topological polar surface area (TPSA) is 44.5 Å². The van der Waals surface area contributed by atoms with Crippen LogP contribution in [0.25, 0.3) is 0 Å². The summed E-state index contributed by atoms with van der Waals surface area (Å²) in [6, 6.07) is 6.17. The minimum atomic E-state index is 0. The number of ether oxygens (including phenoxy) is 2. The Hall–Kier alpha value is -0.930. The van der Waals surface area contributed by atoms with Gasteiger partial charge in [0.1, 0.15) is 0 Å². The van der Waals surface area contributed by atoms with Crippen molar-refractivity contribution in [2.24, 2.45) is 11.7 Å². The number of nitrogens with two attached hydrogens (primary N) is 1. The van der Waals surface area contributed by atoms with Crippen molar-refractivity contribution in [2.45, 2.75) is 38.6 Å². The molecular formula is C15H24ClNO2. The molecule has 0 unspecified atom stereocenters. The van der Waals surface area contributed by atoms with Crippen molar-refractivity contribution in [1.82, 2.24) is 0 Å². The van der Waals surface area contributed by atoms with Gasteiger partial charge >= 0.3 is 0 Å². The summed E-state index contributed by atoms with van der Waals surface area (Å²) < 4.78 is 10.9. The number of rotatable bonds is 5.